The standard InChI is InChI=1S/C25H23F4NO2/c26-24(27)25(28,29)32-23-10-3-5-17(13-23)16-30-20-8-4-9-21(15-20)31-22-12-11-18-6-1-2-7-19(18)14-22/h3-5,8-15,24,30H,1-2,6-7,16H2. The number of aryl methyl sites for hydroxylation is 2. The topological polar surface area (TPSA) is 30.5 Å². The van der Waals surface area contributed by atoms with Crippen molar-refractivity contribution in [1.82, 2.24) is 0 Å². The summed E-state index contributed by atoms with van der Waals surface area (Å²) in [4.78, 5) is 0. The first kappa shape index (κ1) is 22.0. The van der Waals surface area contributed by atoms with Gasteiger partial charge in [0, 0.05) is 18.3 Å². The van der Waals surface area contributed by atoms with Crippen LogP contribution >= 0.6 is 0 Å². The first-order valence-electron chi connectivity index (χ1n) is 10.5. The van der Waals surface area contributed by atoms with Crippen molar-refractivity contribution < 1.29 is 27.0 Å². The number of alkyl halides is 4. The molecule has 4 rings (SSSR count). The molecule has 1 N–H and O–H groups in total. The van der Waals surface area contributed by atoms with Crippen LogP contribution in [0.15, 0.2) is 66.7 Å². The molecule has 0 aliphatic heterocycles. The number of fused-ring (bicyclic) bond motifs is 1. The minimum atomic E-state index is -4.53. The summed E-state index contributed by atoms with van der Waals surface area (Å²) >= 11 is 0. The Bertz CT molecular complexity index is 1070. The Labute approximate surface area is 184 Å². The summed E-state index contributed by atoms with van der Waals surface area (Å²) < 4.78 is 61.1. The van der Waals surface area contributed by atoms with Crippen LogP contribution < -0.4 is 14.8 Å². The first-order valence-corrected chi connectivity index (χ1v) is 10.5. The van der Waals surface area contributed by atoms with Crippen molar-refractivity contribution in [2.75, 3.05) is 5.32 Å². The van der Waals surface area contributed by atoms with Gasteiger partial charge in [0.25, 0.3) is 0 Å². The molecule has 0 aromatic heterocycles. The van der Waals surface area contributed by atoms with Crippen molar-refractivity contribution in [1.29, 1.82) is 0 Å². The maximum absolute atomic E-state index is 13.1. The second-order valence-electron chi connectivity index (χ2n) is 7.73. The summed E-state index contributed by atoms with van der Waals surface area (Å²) in [5, 5.41) is 3.18. The van der Waals surface area contributed by atoms with Crippen molar-refractivity contribution in [2.24, 2.45) is 0 Å². The van der Waals surface area contributed by atoms with Crippen molar-refractivity contribution in [3.8, 4) is 17.2 Å². The van der Waals surface area contributed by atoms with E-state index in [1.807, 2.05) is 30.3 Å². The van der Waals surface area contributed by atoms with Gasteiger partial charge in [-0.2, -0.15) is 17.6 Å². The minimum Gasteiger partial charge on any atom is -0.457 e. The Morgan fingerprint density at radius 2 is 1.53 bits per heavy atom. The summed E-state index contributed by atoms with van der Waals surface area (Å²) in [6.45, 7) is 0.291. The predicted octanol–water partition coefficient (Wildman–Crippen LogP) is 7.21. The Kier molecular flexibility index (Phi) is 6.53. The van der Waals surface area contributed by atoms with Crippen LogP contribution in [0.5, 0.6) is 17.2 Å². The Morgan fingerprint density at radius 1 is 0.812 bits per heavy atom. The SMILES string of the molecule is FC(F)C(F)(F)Oc1cccc(CNc2cccc(Oc3ccc4c(c3)CCCC4)c2)c1. The van der Waals surface area contributed by atoms with E-state index in [1.165, 1.54) is 42.2 Å². The number of hydrogen-bond donors (Lipinski definition) is 1. The van der Waals surface area contributed by atoms with Gasteiger partial charge in [-0.05, 0) is 78.8 Å². The highest BCUT2D eigenvalue weighted by atomic mass is 19.3. The van der Waals surface area contributed by atoms with E-state index in [9.17, 15) is 17.6 Å². The summed E-state index contributed by atoms with van der Waals surface area (Å²) in [6.07, 6.45) is -3.83. The van der Waals surface area contributed by atoms with Crippen LogP contribution in [0, 0.1) is 0 Å². The number of benzene rings is 3. The number of hydrogen-bond acceptors (Lipinski definition) is 3. The average Bonchev–Trinajstić information content (AvgIpc) is 2.78. The molecule has 0 radical (unpaired) electrons. The molecule has 7 heteroatoms. The zero-order valence-electron chi connectivity index (χ0n) is 17.3. The van der Waals surface area contributed by atoms with Gasteiger partial charge in [0.1, 0.15) is 17.2 Å². The van der Waals surface area contributed by atoms with Gasteiger partial charge in [-0.3, -0.25) is 0 Å². The van der Waals surface area contributed by atoms with Crippen molar-refractivity contribution in [3.63, 3.8) is 0 Å². The van der Waals surface area contributed by atoms with Gasteiger partial charge in [0.05, 0.1) is 0 Å². The quantitative estimate of drug-likeness (QED) is 0.372. The number of ether oxygens (including phenoxy) is 2. The fraction of sp³-hybridized carbons (Fsp3) is 0.280. The van der Waals surface area contributed by atoms with Crippen LogP contribution in [0.2, 0.25) is 0 Å². The zero-order valence-corrected chi connectivity index (χ0v) is 17.3. The van der Waals surface area contributed by atoms with Gasteiger partial charge in [-0.25, -0.2) is 0 Å². The smallest absolute Gasteiger partial charge is 0.457 e. The number of halogens is 4. The van der Waals surface area contributed by atoms with Crippen LogP contribution in [0.1, 0.15) is 29.5 Å². The molecule has 0 heterocycles. The molecule has 3 aromatic carbocycles. The lowest BCUT2D eigenvalue weighted by molar-refractivity contribution is -0.253. The van der Waals surface area contributed by atoms with Crippen molar-refractivity contribution >= 4 is 5.69 Å². The first-order chi connectivity index (χ1) is 15.4. The molecule has 0 saturated carbocycles. The van der Waals surface area contributed by atoms with E-state index >= 15 is 0 Å². The Morgan fingerprint density at radius 3 is 2.34 bits per heavy atom. The lowest BCUT2D eigenvalue weighted by Crippen LogP contribution is -2.33. The molecule has 32 heavy (non-hydrogen) atoms. The molecule has 0 amide bonds. The Balaban J connectivity index is 1.39. The molecule has 1 aliphatic rings. The molecule has 0 bridgehead atoms. The maximum Gasteiger partial charge on any atom is 0.461 e. The predicted molar refractivity (Wildman–Crippen MR) is 115 cm³/mol. The summed E-state index contributed by atoms with van der Waals surface area (Å²) in [5.74, 6) is 1.13. The highest BCUT2D eigenvalue weighted by Crippen LogP contribution is 2.30. The highest BCUT2D eigenvalue weighted by molar-refractivity contribution is 5.50. The number of nitrogens with one attached hydrogen (secondary N) is 1. The zero-order chi connectivity index (χ0) is 22.6. The average molecular weight is 445 g/mol. The molecule has 0 fully saturated rings. The summed E-state index contributed by atoms with van der Waals surface area (Å²) in [6, 6.07) is 19.3. The van der Waals surface area contributed by atoms with E-state index in [-0.39, 0.29) is 5.75 Å². The molecule has 0 saturated heterocycles. The second-order valence-corrected chi connectivity index (χ2v) is 7.73. The van der Waals surface area contributed by atoms with Gasteiger partial charge < -0.3 is 14.8 Å². The van der Waals surface area contributed by atoms with E-state index in [0.717, 1.165) is 24.3 Å². The maximum atomic E-state index is 13.1. The van der Waals surface area contributed by atoms with Crippen LogP contribution in [-0.2, 0) is 19.4 Å². The molecular formula is C25H23F4NO2. The van der Waals surface area contributed by atoms with Crippen LogP contribution in [0.4, 0.5) is 23.2 Å². The lowest BCUT2D eigenvalue weighted by Gasteiger charge is -2.17. The molecule has 0 spiro atoms. The van der Waals surface area contributed by atoms with E-state index in [1.54, 1.807) is 6.07 Å². The van der Waals surface area contributed by atoms with Crippen molar-refractivity contribution in [2.45, 2.75) is 44.8 Å². The third kappa shape index (κ3) is 5.52. The Hall–Kier alpha value is -3.22. The third-order valence-electron chi connectivity index (χ3n) is 5.29. The van der Waals surface area contributed by atoms with Gasteiger partial charge in [0.15, 0.2) is 0 Å². The van der Waals surface area contributed by atoms with Gasteiger partial charge in [-0.1, -0.05) is 24.3 Å². The number of anilines is 1. The normalized spacial score (nSPS) is 13.5. The number of rotatable bonds is 8. The molecule has 3 aromatic rings. The summed E-state index contributed by atoms with van der Waals surface area (Å²) in [5.41, 5.74) is 4.09. The molecule has 3 nitrogen and oxygen atoms in total. The monoisotopic (exact) mass is 445 g/mol. The van der Waals surface area contributed by atoms with Crippen LogP contribution in [-0.4, -0.2) is 12.5 Å². The third-order valence-corrected chi connectivity index (χ3v) is 5.29. The van der Waals surface area contributed by atoms with E-state index < -0.39 is 12.5 Å². The second kappa shape index (κ2) is 9.51. The molecule has 0 atom stereocenters. The van der Waals surface area contributed by atoms with Crippen LogP contribution in [0.3, 0.4) is 0 Å². The fourth-order valence-corrected chi connectivity index (χ4v) is 3.70. The van der Waals surface area contributed by atoms with Crippen molar-refractivity contribution in [3.05, 3.63) is 83.4 Å². The van der Waals surface area contributed by atoms with E-state index in [2.05, 4.69) is 22.2 Å². The highest BCUT2D eigenvalue weighted by Gasteiger charge is 2.43. The van der Waals surface area contributed by atoms with E-state index in [4.69, 9.17) is 4.74 Å². The molecule has 1 aliphatic carbocycles. The van der Waals surface area contributed by atoms with Crippen LogP contribution in [0.25, 0.3) is 0 Å². The largest absolute Gasteiger partial charge is 0.461 e. The van der Waals surface area contributed by atoms with Gasteiger partial charge >= 0.3 is 12.5 Å². The van der Waals surface area contributed by atoms with Gasteiger partial charge in [-0.15, -0.1) is 0 Å². The fourth-order valence-electron chi connectivity index (χ4n) is 3.70. The molecule has 0 unspecified atom stereocenters. The summed E-state index contributed by atoms with van der Waals surface area (Å²) in [7, 11) is 0. The molecule has 168 valence electrons. The van der Waals surface area contributed by atoms with Gasteiger partial charge in [0.2, 0.25) is 0 Å². The molecular weight excluding hydrogens is 422 g/mol. The lowest BCUT2D eigenvalue weighted by atomic mass is 9.92. The minimum absolute atomic E-state index is 0.291. The van der Waals surface area contributed by atoms with E-state index in [0.29, 0.717) is 17.9 Å².